The Morgan fingerprint density at radius 3 is 2.67 bits per heavy atom. The van der Waals surface area contributed by atoms with Crippen LogP contribution in [0.3, 0.4) is 0 Å². The van der Waals surface area contributed by atoms with E-state index in [1.807, 2.05) is 28.8 Å². The molecule has 2 aromatic carbocycles. The third-order valence-electron chi connectivity index (χ3n) is 4.83. The van der Waals surface area contributed by atoms with Crippen LogP contribution >= 0.6 is 0 Å². The number of esters is 1. The minimum Gasteiger partial charge on any atom is -0.493 e. The van der Waals surface area contributed by atoms with Gasteiger partial charge in [-0.15, -0.1) is 0 Å². The number of nitrogens with zero attached hydrogens (tertiary/aromatic N) is 1. The molecule has 0 N–H and O–H groups in total. The smallest absolute Gasteiger partial charge is 0.343 e. The molecule has 0 saturated carbocycles. The Bertz CT molecular complexity index is 1130. The number of hydrogen-bond acceptors (Lipinski definition) is 5. The standard InChI is InChI=1S/C21H19NO5/c1-4-27-21(24)15-11-22-10-12-7-5-6-8-13(12)17-18(22)14(19(15)23)9-16(25-2)20(17)26-3/h5-9,11H,4,10H2,1-3H3. The molecule has 0 unspecified atom stereocenters. The molecule has 0 radical (unpaired) electrons. The predicted molar refractivity (Wildman–Crippen MR) is 102 cm³/mol. The summed E-state index contributed by atoms with van der Waals surface area (Å²) in [5.41, 5.74) is 3.21. The highest BCUT2D eigenvalue weighted by Crippen LogP contribution is 2.46. The van der Waals surface area contributed by atoms with Gasteiger partial charge in [0.25, 0.3) is 0 Å². The normalized spacial score (nSPS) is 11.8. The topological polar surface area (TPSA) is 66.8 Å². The first-order chi connectivity index (χ1) is 13.1. The van der Waals surface area contributed by atoms with Crippen molar-refractivity contribution in [1.29, 1.82) is 0 Å². The molecular weight excluding hydrogens is 346 g/mol. The quantitative estimate of drug-likeness (QED) is 0.520. The van der Waals surface area contributed by atoms with E-state index in [1.54, 1.807) is 26.3 Å². The largest absolute Gasteiger partial charge is 0.493 e. The highest BCUT2D eigenvalue weighted by atomic mass is 16.5. The summed E-state index contributed by atoms with van der Waals surface area (Å²) in [5, 5.41) is 0.405. The summed E-state index contributed by atoms with van der Waals surface area (Å²) in [6, 6.07) is 9.56. The Balaban J connectivity index is 2.17. The SMILES string of the molecule is CCOC(=O)c1cn2c3c(c(OC)c(OC)cc3c1=O)-c1ccccc1C2. The fraction of sp³-hybridized carbons (Fsp3) is 0.238. The molecule has 1 aliphatic rings. The van der Waals surface area contributed by atoms with E-state index in [1.165, 1.54) is 7.11 Å². The molecule has 0 saturated heterocycles. The van der Waals surface area contributed by atoms with Crippen LogP contribution in [0.4, 0.5) is 0 Å². The summed E-state index contributed by atoms with van der Waals surface area (Å²) in [6.45, 7) is 2.46. The van der Waals surface area contributed by atoms with Gasteiger partial charge < -0.3 is 18.8 Å². The molecule has 3 aromatic rings. The zero-order chi connectivity index (χ0) is 19.1. The van der Waals surface area contributed by atoms with Crippen molar-refractivity contribution in [3.63, 3.8) is 0 Å². The minimum absolute atomic E-state index is 0.0156. The molecule has 0 aliphatic carbocycles. The molecule has 0 bridgehead atoms. The Kier molecular flexibility index (Phi) is 4.11. The van der Waals surface area contributed by atoms with Crippen molar-refractivity contribution < 1.29 is 19.0 Å². The van der Waals surface area contributed by atoms with E-state index in [2.05, 4.69) is 0 Å². The summed E-state index contributed by atoms with van der Waals surface area (Å²) >= 11 is 0. The molecule has 0 spiro atoms. The molecule has 2 heterocycles. The lowest BCUT2D eigenvalue weighted by molar-refractivity contribution is 0.0524. The van der Waals surface area contributed by atoms with Gasteiger partial charge in [-0.05, 0) is 24.1 Å². The Morgan fingerprint density at radius 2 is 1.96 bits per heavy atom. The van der Waals surface area contributed by atoms with Crippen molar-refractivity contribution in [3.05, 3.63) is 57.9 Å². The number of aromatic nitrogens is 1. The molecule has 6 nitrogen and oxygen atoms in total. The predicted octanol–water partition coefficient (Wildman–Crippen LogP) is 3.22. The number of carbonyl (C=O) groups excluding carboxylic acids is 1. The van der Waals surface area contributed by atoms with Crippen LogP contribution in [0.5, 0.6) is 11.5 Å². The Morgan fingerprint density at radius 1 is 1.19 bits per heavy atom. The van der Waals surface area contributed by atoms with Gasteiger partial charge in [0.15, 0.2) is 11.5 Å². The average molecular weight is 365 g/mol. The van der Waals surface area contributed by atoms with Crippen LogP contribution < -0.4 is 14.9 Å². The Labute approximate surface area is 155 Å². The van der Waals surface area contributed by atoms with Crippen LogP contribution in [0.15, 0.2) is 41.3 Å². The molecule has 1 aliphatic heterocycles. The third kappa shape index (κ3) is 2.48. The number of hydrogen-bond donors (Lipinski definition) is 0. The first-order valence-electron chi connectivity index (χ1n) is 8.68. The fourth-order valence-corrected chi connectivity index (χ4v) is 3.69. The number of benzene rings is 2. The van der Waals surface area contributed by atoms with Crippen molar-refractivity contribution in [1.82, 2.24) is 4.57 Å². The minimum atomic E-state index is -0.622. The van der Waals surface area contributed by atoms with E-state index in [9.17, 15) is 9.59 Å². The number of rotatable bonds is 4. The van der Waals surface area contributed by atoms with Gasteiger partial charge in [-0.2, -0.15) is 0 Å². The van der Waals surface area contributed by atoms with Gasteiger partial charge in [0.2, 0.25) is 5.43 Å². The number of carbonyl (C=O) groups is 1. The summed E-state index contributed by atoms with van der Waals surface area (Å²) in [5.74, 6) is 0.388. The van der Waals surface area contributed by atoms with E-state index < -0.39 is 5.97 Å². The van der Waals surface area contributed by atoms with Crippen LogP contribution in [0.25, 0.3) is 22.0 Å². The molecule has 1 aromatic heterocycles. The van der Waals surface area contributed by atoms with E-state index in [0.29, 0.717) is 23.4 Å². The van der Waals surface area contributed by atoms with Gasteiger partial charge in [0.05, 0.1) is 37.3 Å². The lowest BCUT2D eigenvalue weighted by atomic mass is 9.91. The van der Waals surface area contributed by atoms with Gasteiger partial charge in [-0.1, -0.05) is 24.3 Å². The van der Waals surface area contributed by atoms with Crippen molar-refractivity contribution >= 4 is 16.9 Å². The van der Waals surface area contributed by atoms with E-state index >= 15 is 0 Å². The number of fused-ring (bicyclic) bond motifs is 2. The van der Waals surface area contributed by atoms with Gasteiger partial charge >= 0.3 is 5.97 Å². The molecule has 27 heavy (non-hydrogen) atoms. The lowest BCUT2D eigenvalue weighted by Crippen LogP contribution is -2.23. The maximum atomic E-state index is 13.1. The molecule has 4 rings (SSSR count). The summed E-state index contributed by atoms with van der Waals surface area (Å²) in [4.78, 5) is 25.4. The van der Waals surface area contributed by atoms with Crippen LogP contribution in [0.2, 0.25) is 0 Å². The second kappa shape index (κ2) is 6.46. The first-order valence-corrected chi connectivity index (χ1v) is 8.68. The molecule has 6 heteroatoms. The monoisotopic (exact) mass is 365 g/mol. The maximum absolute atomic E-state index is 13.1. The third-order valence-corrected chi connectivity index (χ3v) is 4.83. The van der Waals surface area contributed by atoms with E-state index in [-0.39, 0.29) is 17.6 Å². The van der Waals surface area contributed by atoms with Crippen LogP contribution in [-0.2, 0) is 11.3 Å². The van der Waals surface area contributed by atoms with Crippen LogP contribution in [-0.4, -0.2) is 31.4 Å². The van der Waals surface area contributed by atoms with Gasteiger partial charge in [-0.25, -0.2) is 4.79 Å². The second-order valence-electron chi connectivity index (χ2n) is 6.26. The number of methoxy groups -OCH3 is 2. The number of pyridine rings is 1. The zero-order valence-corrected chi connectivity index (χ0v) is 15.4. The Hall–Kier alpha value is -3.28. The molecule has 0 fully saturated rings. The first kappa shape index (κ1) is 17.1. The fourth-order valence-electron chi connectivity index (χ4n) is 3.69. The van der Waals surface area contributed by atoms with Crippen molar-refractivity contribution in [2.45, 2.75) is 13.5 Å². The van der Waals surface area contributed by atoms with Crippen molar-refractivity contribution in [2.75, 3.05) is 20.8 Å². The highest BCUT2D eigenvalue weighted by molar-refractivity contribution is 6.04. The number of ether oxygens (including phenoxy) is 3. The summed E-state index contributed by atoms with van der Waals surface area (Å²) in [7, 11) is 3.10. The molecule has 0 amide bonds. The molecule has 138 valence electrons. The van der Waals surface area contributed by atoms with Crippen molar-refractivity contribution in [2.24, 2.45) is 0 Å². The molecule has 0 atom stereocenters. The second-order valence-corrected chi connectivity index (χ2v) is 6.26. The van der Waals surface area contributed by atoms with E-state index in [4.69, 9.17) is 14.2 Å². The van der Waals surface area contributed by atoms with Gasteiger partial charge in [0, 0.05) is 12.7 Å². The summed E-state index contributed by atoms with van der Waals surface area (Å²) in [6.07, 6.45) is 1.58. The lowest BCUT2D eigenvalue weighted by Gasteiger charge is -2.26. The van der Waals surface area contributed by atoms with Gasteiger partial charge in [0.1, 0.15) is 5.56 Å². The average Bonchev–Trinajstić information content (AvgIpc) is 2.69. The van der Waals surface area contributed by atoms with Gasteiger partial charge in [-0.3, -0.25) is 4.79 Å². The van der Waals surface area contributed by atoms with Crippen molar-refractivity contribution in [3.8, 4) is 22.6 Å². The van der Waals surface area contributed by atoms with Crippen LogP contribution in [0.1, 0.15) is 22.8 Å². The summed E-state index contributed by atoms with van der Waals surface area (Å²) < 4.78 is 18.1. The molecular formula is C21H19NO5. The van der Waals surface area contributed by atoms with Crippen LogP contribution in [0, 0.1) is 0 Å². The van der Waals surface area contributed by atoms with E-state index in [0.717, 1.165) is 22.2 Å². The zero-order valence-electron chi connectivity index (χ0n) is 15.4. The maximum Gasteiger partial charge on any atom is 0.343 e. The highest BCUT2D eigenvalue weighted by Gasteiger charge is 2.28.